The molecular formula is C10H14Cl3N5. The molecule has 0 amide bonds. The standard InChI is InChI=1S/C10H13Cl2N5.ClH/c11-7-2-1-6(5-8(7)12)3-4-16-10(15)17-9(13)14;/h1-2,5H,3-4H2,(H6,13,14,15,16,17);1H. The van der Waals surface area contributed by atoms with Gasteiger partial charge in [0.05, 0.1) is 10.0 Å². The Labute approximate surface area is 121 Å². The molecule has 8 heteroatoms. The molecule has 0 saturated carbocycles. The van der Waals surface area contributed by atoms with Gasteiger partial charge in [-0.15, -0.1) is 12.4 Å². The normalized spacial score (nSPS) is 10.7. The summed E-state index contributed by atoms with van der Waals surface area (Å²) in [6.45, 7) is 0.473. The van der Waals surface area contributed by atoms with Crippen LogP contribution in [0.4, 0.5) is 0 Å². The van der Waals surface area contributed by atoms with Crippen molar-refractivity contribution in [3.05, 3.63) is 33.8 Å². The molecule has 0 saturated heterocycles. The van der Waals surface area contributed by atoms with Crippen molar-refractivity contribution in [2.75, 3.05) is 6.54 Å². The number of rotatable bonds is 3. The first-order valence-electron chi connectivity index (χ1n) is 4.82. The number of nitrogens with two attached hydrogens (primary N) is 3. The Balaban J connectivity index is 0.00000289. The Bertz CT molecular complexity index is 455. The number of hydrogen-bond acceptors (Lipinski definition) is 1. The number of hydrogen-bond donors (Lipinski definition) is 3. The van der Waals surface area contributed by atoms with Crippen LogP contribution >= 0.6 is 35.6 Å². The van der Waals surface area contributed by atoms with Crippen LogP contribution in [0.25, 0.3) is 0 Å². The monoisotopic (exact) mass is 309 g/mol. The van der Waals surface area contributed by atoms with Gasteiger partial charge in [0.1, 0.15) is 0 Å². The molecule has 100 valence electrons. The quantitative estimate of drug-likeness (QED) is 0.583. The Morgan fingerprint density at radius 3 is 2.33 bits per heavy atom. The van der Waals surface area contributed by atoms with E-state index in [9.17, 15) is 0 Å². The topological polar surface area (TPSA) is 103 Å². The molecule has 1 rings (SSSR count). The summed E-state index contributed by atoms with van der Waals surface area (Å²) in [4.78, 5) is 7.58. The van der Waals surface area contributed by atoms with Crippen molar-refractivity contribution in [2.45, 2.75) is 6.42 Å². The third kappa shape index (κ3) is 5.95. The fourth-order valence-corrected chi connectivity index (χ4v) is 1.48. The molecule has 5 nitrogen and oxygen atoms in total. The van der Waals surface area contributed by atoms with Crippen LogP contribution in [0.1, 0.15) is 5.56 Å². The highest BCUT2D eigenvalue weighted by atomic mass is 35.5. The number of guanidine groups is 2. The van der Waals surface area contributed by atoms with Gasteiger partial charge in [-0.1, -0.05) is 29.3 Å². The fraction of sp³-hybridized carbons (Fsp3) is 0.200. The molecule has 0 atom stereocenters. The molecule has 0 aromatic heterocycles. The maximum atomic E-state index is 5.88. The number of halogens is 3. The average Bonchev–Trinajstić information content (AvgIpc) is 2.22. The van der Waals surface area contributed by atoms with Crippen molar-refractivity contribution in [3.63, 3.8) is 0 Å². The van der Waals surface area contributed by atoms with Gasteiger partial charge >= 0.3 is 0 Å². The van der Waals surface area contributed by atoms with Crippen molar-refractivity contribution < 1.29 is 0 Å². The van der Waals surface area contributed by atoms with E-state index in [1.165, 1.54) is 0 Å². The molecule has 0 aliphatic carbocycles. The summed E-state index contributed by atoms with van der Waals surface area (Å²) in [7, 11) is 0. The van der Waals surface area contributed by atoms with Gasteiger partial charge < -0.3 is 17.2 Å². The molecule has 1 aromatic rings. The lowest BCUT2D eigenvalue weighted by molar-refractivity contribution is 0.962. The van der Waals surface area contributed by atoms with Crippen molar-refractivity contribution in [3.8, 4) is 0 Å². The lowest BCUT2D eigenvalue weighted by Gasteiger charge is -2.01. The summed E-state index contributed by atoms with van der Waals surface area (Å²) in [5.41, 5.74) is 16.8. The van der Waals surface area contributed by atoms with Crippen molar-refractivity contribution in [2.24, 2.45) is 27.2 Å². The van der Waals surface area contributed by atoms with Crippen LogP contribution in [0.5, 0.6) is 0 Å². The molecule has 18 heavy (non-hydrogen) atoms. The first-order valence-corrected chi connectivity index (χ1v) is 5.58. The Morgan fingerprint density at radius 2 is 1.78 bits per heavy atom. The van der Waals surface area contributed by atoms with Gasteiger partial charge in [0.25, 0.3) is 0 Å². The van der Waals surface area contributed by atoms with E-state index >= 15 is 0 Å². The second kappa shape index (κ2) is 8.02. The number of benzene rings is 1. The van der Waals surface area contributed by atoms with Gasteiger partial charge in [-0.3, -0.25) is 4.99 Å². The van der Waals surface area contributed by atoms with Gasteiger partial charge in [-0.05, 0) is 24.1 Å². The first kappa shape index (κ1) is 16.8. The molecule has 0 radical (unpaired) electrons. The Morgan fingerprint density at radius 1 is 1.11 bits per heavy atom. The smallest absolute Gasteiger partial charge is 0.218 e. The maximum absolute atomic E-state index is 5.88. The van der Waals surface area contributed by atoms with E-state index in [0.717, 1.165) is 5.56 Å². The van der Waals surface area contributed by atoms with Gasteiger partial charge in [0.15, 0.2) is 5.96 Å². The molecule has 1 aromatic carbocycles. The van der Waals surface area contributed by atoms with E-state index in [4.69, 9.17) is 40.4 Å². The van der Waals surface area contributed by atoms with Gasteiger partial charge in [0.2, 0.25) is 5.96 Å². The summed E-state index contributed by atoms with van der Waals surface area (Å²) < 4.78 is 0. The molecule has 0 unspecified atom stereocenters. The summed E-state index contributed by atoms with van der Waals surface area (Å²) in [5, 5.41) is 1.05. The molecule has 0 bridgehead atoms. The third-order valence-electron chi connectivity index (χ3n) is 1.90. The second-order valence-corrected chi connectivity index (χ2v) is 4.09. The fourth-order valence-electron chi connectivity index (χ4n) is 1.16. The summed E-state index contributed by atoms with van der Waals surface area (Å²) in [5.74, 6) is -0.0501. The predicted octanol–water partition coefficient (Wildman–Crippen LogP) is 1.55. The Kier molecular flexibility index (Phi) is 7.50. The lowest BCUT2D eigenvalue weighted by Crippen LogP contribution is -2.26. The van der Waals surface area contributed by atoms with Crippen LogP contribution < -0.4 is 17.2 Å². The first-order chi connectivity index (χ1) is 7.99. The van der Waals surface area contributed by atoms with E-state index in [1.54, 1.807) is 12.1 Å². The van der Waals surface area contributed by atoms with E-state index in [0.29, 0.717) is 23.0 Å². The van der Waals surface area contributed by atoms with Gasteiger partial charge in [-0.2, -0.15) is 4.99 Å². The molecule has 0 aliphatic heterocycles. The minimum absolute atomic E-state index is 0. The molecular weight excluding hydrogens is 297 g/mol. The average molecular weight is 311 g/mol. The highest BCUT2D eigenvalue weighted by Gasteiger charge is 1.99. The molecule has 0 spiro atoms. The molecule has 0 aliphatic rings. The van der Waals surface area contributed by atoms with E-state index in [1.807, 2.05) is 6.07 Å². The predicted molar refractivity (Wildman–Crippen MR) is 79.7 cm³/mol. The largest absolute Gasteiger partial charge is 0.370 e. The van der Waals surface area contributed by atoms with Crippen molar-refractivity contribution >= 4 is 47.5 Å². The SMILES string of the molecule is Cl.NC(N)=NC(N)=NCCc1ccc(Cl)c(Cl)c1. The lowest BCUT2D eigenvalue weighted by atomic mass is 10.1. The Hall–Kier alpha value is -1.17. The van der Waals surface area contributed by atoms with E-state index in [-0.39, 0.29) is 24.3 Å². The van der Waals surface area contributed by atoms with Crippen molar-refractivity contribution in [1.82, 2.24) is 0 Å². The zero-order valence-electron chi connectivity index (χ0n) is 9.44. The van der Waals surface area contributed by atoms with Crippen molar-refractivity contribution in [1.29, 1.82) is 0 Å². The molecule has 0 fully saturated rings. The zero-order chi connectivity index (χ0) is 12.8. The maximum Gasteiger partial charge on any atom is 0.218 e. The minimum atomic E-state index is -0.110. The molecule has 0 heterocycles. The van der Waals surface area contributed by atoms with Crippen LogP contribution in [-0.4, -0.2) is 18.5 Å². The van der Waals surface area contributed by atoms with Crippen LogP contribution in [0.3, 0.4) is 0 Å². The van der Waals surface area contributed by atoms with Crippen LogP contribution in [0.2, 0.25) is 10.0 Å². The highest BCUT2D eigenvalue weighted by molar-refractivity contribution is 6.42. The molecule has 6 N–H and O–H groups in total. The third-order valence-corrected chi connectivity index (χ3v) is 2.64. The number of nitrogens with zero attached hydrogens (tertiary/aromatic N) is 2. The van der Waals surface area contributed by atoms with E-state index in [2.05, 4.69) is 9.98 Å². The van der Waals surface area contributed by atoms with Crippen LogP contribution in [0, 0.1) is 0 Å². The van der Waals surface area contributed by atoms with Crippen LogP contribution in [0.15, 0.2) is 28.2 Å². The van der Waals surface area contributed by atoms with Gasteiger partial charge in [-0.25, -0.2) is 0 Å². The summed E-state index contributed by atoms with van der Waals surface area (Å²) in [6, 6.07) is 5.40. The van der Waals surface area contributed by atoms with Gasteiger partial charge in [0, 0.05) is 6.54 Å². The zero-order valence-corrected chi connectivity index (χ0v) is 11.8. The van der Waals surface area contributed by atoms with Crippen LogP contribution in [-0.2, 0) is 6.42 Å². The minimum Gasteiger partial charge on any atom is -0.370 e. The highest BCUT2D eigenvalue weighted by Crippen LogP contribution is 2.22. The summed E-state index contributed by atoms with van der Waals surface area (Å²) >= 11 is 11.7. The summed E-state index contributed by atoms with van der Waals surface area (Å²) in [6.07, 6.45) is 0.678. The van der Waals surface area contributed by atoms with E-state index < -0.39 is 0 Å². The second-order valence-electron chi connectivity index (χ2n) is 3.28. The number of aliphatic imine (C=N–C) groups is 2.